The molecule has 0 bridgehead atoms. The molecule has 2 aromatic carbocycles. The minimum atomic E-state index is -0.526. The molecule has 150 valence electrons. The molecule has 0 aromatic heterocycles. The van der Waals surface area contributed by atoms with E-state index in [0.29, 0.717) is 24.0 Å². The number of hydrogen-bond donors (Lipinski definition) is 1. The SMILES string of the molecule is COc1cc(/C=N/NC(=O)COc2ccccc2F)ccc1OCCC(C)C. The van der Waals surface area contributed by atoms with Gasteiger partial charge in [-0.1, -0.05) is 26.0 Å². The van der Waals surface area contributed by atoms with Crippen LogP contribution in [-0.2, 0) is 4.79 Å². The molecule has 0 saturated heterocycles. The number of carbonyl (C=O) groups is 1. The molecule has 2 aromatic rings. The van der Waals surface area contributed by atoms with Crippen molar-refractivity contribution in [3.05, 3.63) is 53.8 Å². The highest BCUT2D eigenvalue weighted by Crippen LogP contribution is 2.27. The lowest BCUT2D eigenvalue weighted by atomic mass is 10.1. The van der Waals surface area contributed by atoms with Crippen LogP contribution >= 0.6 is 0 Å². The number of hydrogen-bond acceptors (Lipinski definition) is 5. The third-order valence-electron chi connectivity index (χ3n) is 3.74. The van der Waals surface area contributed by atoms with Crippen molar-refractivity contribution in [2.45, 2.75) is 20.3 Å². The zero-order valence-corrected chi connectivity index (χ0v) is 16.3. The molecule has 0 aliphatic rings. The van der Waals surface area contributed by atoms with E-state index in [1.807, 2.05) is 0 Å². The predicted molar refractivity (Wildman–Crippen MR) is 106 cm³/mol. The monoisotopic (exact) mass is 388 g/mol. The molecule has 0 fully saturated rings. The molecule has 2 rings (SSSR count). The van der Waals surface area contributed by atoms with Crippen LogP contribution in [0.3, 0.4) is 0 Å². The minimum Gasteiger partial charge on any atom is -0.493 e. The Morgan fingerprint density at radius 2 is 1.93 bits per heavy atom. The van der Waals surface area contributed by atoms with Crippen LogP contribution in [0.5, 0.6) is 17.2 Å². The first kappa shape index (κ1) is 21.2. The second kappa shape index (κ2) is 10.9. The van der Waals surface area contributed by atoms with E-state index in [9.17, 15) is 9.18 Å². The average Bonchev–Trinajstić information content (AvgIpc) is 2.68. The zero-order chi connectivity index (χ0) is 20.4. The Hall–Kier alpha value is -3.09. The maximum absolute atomic E-state index is 13.4. The Morgan fingerprint density at radius 3 is 2.64 bits per heavy atom. The number of methoxy groups -OCH3 is 1. The Bertz CT molecular complexity index is 809. The molecule has 0 radical (unpaired) electrons. The quantitative estimate of drug-likeness (QED) is 0.497. The standard InChI is InChI=1S/C21H25FN2O4/c1-15(2)10-11-27-19-9-8-16(12-20(19)26-3)13-23-24-21(25)14-28-18-7-5-4-6-17(18)22/h4-9,12-13,15H,10-11,14H2,1-3H3,(H,24,25)/b23-13+. The van der Waals surface area contributed by atoms with Gasteiger partial charge >= 0.3 is 0 Å². The topological polar surface area (TPSA) is 69.2 Å². The summed E-state index contributed by atoms with van der Waals surface area (Å²) in [5, 5.41) is 3.87. The molecule has 0 atom stereocenters. The summed E-state index contributed by atoms with van der Waals surface area (Å²) in [6.45, 7) is 4.54. The van der Waals surface area contributed by atoms with Gasteiger partial charge in [0.25, 0.3) is 5.91 Å². The number of para-hydroxylation sites is 1. The molecule has 0 unspecified atom stereocenters. The third-order valence-corrected chi connectivity index (χ3v) is 3.74. The number of ether oxygens (including phenoxy) is 3. The van der Waals surface area contributed by atoms with Crippen molar-refractivity contribution in [1.29, 1.82) is 0 Å². The number of nitrogens with zero attached hydrogens (tertiary/aromatic N) is 1. The van der Waals surface area contributed by atoms with Crippen molar-refractivity contribution in [2.75, 3.05) is 20.3 Å². The summed E-state index contributed by atoms with van der Waals surface area (Å²) in [5.41, 5.74) is 3.06. The molecule has 0 saturated carbocycles. The second-order valence-electron chi connectivity index (χ2n) is 6.45. The van der Waals surface area contributed by atoms with Crippen molar-refractivity contribution in [1.82, 2.24) is 5.43 Å². The van der Waals surface area contributed by atoms with Crippen LogP contribution in [0.25, 0.3) is 0 Å². The van der Waals surface area contributed by atoms with Gasteiger partial charge in [-0.2, -0.15) is 5.10 Å². The van der Waals surface area contributed by atoms with Crippen LogP contribution in [-0.4, -0.2) is 32.4 Å². The first-order valence-electron chi connectivity index (χ1n) is 8.99. The highest BCUT2D eigenvalue weighted by molar-refractivity contribution is 5.83. The van der Waals surface area contributed by atoms with Crippen molar-refractivity contribution in [3.8, 4) is 17.2 Å². The van der Waals surface area contributed by atoms with Crippen LogP contribution < -0.4 is 19.6 Å². The number of hydrazone groups is 1. The van der Waals surface area contributed by atoms with Gasteiger partial charge in [-0.05, 0) is 48.2 Å². The number of nitrogens with one attached hydrogen (secondary N) is 1. The van der Waals surface area contributed by atoms with Crippen LogP contribution in [0.2, 0.25) is 0 Å². The smallest absolute Gasteiger partial charge is 0.277 e. The highest BCUT2D eigenvalue weighted by Gasteiger charge is 2.07. The molecule has 0 heterocycles. The van der Waals surface area contributed by atoms with Gasteiger partial charge in [-0.25, -0.2) is 9.82 Å². The molecule has 6 nitrogen and oxygen atoms in total. The maximum Gasteiger partial charge on any atom is 0.277 e. The molecule has 1 N–H and O–H groups in total. The lowest BCUT2D eigenvalue weighted by Crippen LogP contribution is -2.24. The number of amides is 1. The minimum absolute atomic E-state index is 0.0134. The fourth-order valence-electron chi connectivity index (χ4n) is 2.20. The van der Waals surface area contributed by atoms with Crippen molar-refractivity contribution in [2.24, 2.45) is 11.0 Å². The van der Waals surface area contributed by atoms with Crippen LogP contribution in [0.15, 0.2) is 47.6 Å². The zero-order valence-electron chi connectivity index (χ0n) is 16.3. The van der Waals surface area contributed by atoms with Crippen LogP contribution in [0, 0.1) is 11.7 Å². The largest absolute Gasteiger partial charge is 0.493 e. The lowest BCUT2D eigenvalue weighted by molar-refractivity contribution is -0.123. The van der Waals surface area contributed by atoms with Gasteiger partial charge in [0, 0.05) is 0 Å². The van der Waals surface area contributed by atoms with Crippen molar-refractivity contribution < 1.29 is 23.4 Å². The summed E-state index contributed by atoms with van der Waals surface area (Å²) < 4.78 is 29.6. The molecule has 0 spiro atoms. The maximum atomic E-state index is 13.4. The predicted octanol–water partition coefficient (Wildman–Crippen LogP) is 3.79. The highest BCUT2D eigenvalue weighted by atomic mass is 19.1. The molecule has 28 heavy (non-hydrogen) atoms. The van der Waals surface area contributed by atoms with E-state index in [2.05, 4.69) is 24.4 Å². The first-order chi connectivity index (χ1) is 13.5. The summed E-state index contributed by atoms with van der Waals surface area (Å²) in [7, 11) is 1.56. The first-order valence-corrected chi connectivity index (χ1v) is 8.99. The molecular weight excluding hydrogens is 363 g/mol. The molecule has 0 aliphatic heterocycles. The summed E-state index contributed by atoms with van der Waals surface area (Å²) >= 11 is 0. The van der Waals surface area contributed by atoms with E-state index < -0.39 is 11.7 Å². The fraction of sp³-hybridized carbons (Fsp3) is 0.333. The lowest BCUT2D eigenvalue weighted by Gasteiger charge is -2.12. The van der Waals surface area contributed by atoms with E-state index in [4.69, 9.17) is 14.2 Å². The molecule has 0 aliphatic carbocycles. The number of benzene rings is 2. The summed E-state index contributed by atoms with van der Waals surface area (Å²) in [4.78, 5) is 11.8. The normalized spacial score (nSPS) is 10.9. The fourth-order valence-corrected chi connectivity index (χ4v) is 2.20. The molecular formula is C21H25FN2O4. The van der Waals surface area contributed by atoms with E-state index in [1.54, 1.807) is 37.4 Å². The van der Waals surface area contributed by atoms with Crippen molar-refractivity contribution in [3.63, 3.8) is 0 Å². The average molecular weight is 388 g/mol. The molecule has 7 heteroatoms. The molecule has 1 amide bonds. The third kappa shape index (κ3) is 6.90. The van der Waals surface area contributed by atoms with Gasteiger partial charge in [0.1, 0.15) is 0 Å². The van der Waals surface area contributed by atoms with Crippen molar-refractivity contribution >= 4 is 12.1 Å². The van der Waals surface area contributed by atoms with Crippen LogP contribution in [0.4, 0.5) is 4.39 Å². The van der Waals surface area contributed by atoms with Gasteiger partial charge in [0.15, 0.2) is 29.7 Å². The second-order valence-corrected chi connectivity index (χ2v) is 6.45. The van der Waals surface area contributed by atoms with Gasteiger partial charge in [0.2, 0.25) is 0 Å². The summed E-state index contributed by atoms with van der Waals surface area (Å²) in [6.07, 6.45) is 2.43. The Morgan fingerprint density at radius 1 is 1.14 bits per heavy atom. The number of carbonyl (C=O) groups excluding carboxylic acids is 1. The number of halogens is 1. The Kier molecular flexibility index (Phi) is 8.27. The van der Waals surface area contributed by atoms with Gasteiger partial charge in [-0.3, -0.25) is 4.79 Å². The Labute approximate surface area is 164 Å². The van der Waals surface area contributed by atoms with E-state index in [1.165, 1.54) is 18.3 Å². The van der Waals surface area contributed by atoms with E-state index in [-0.39, 0.29) is 12.4 Å². The summed E-state index contributed by atoms with van der Waals surface area (Å²) in [5.74, 6) is 0.786. The summed E-state index contributed by atoms with van der Waals surface area (Å²) in [6, 6.07) is 11.2. The van der Waals surface area contributed by atoms with Crippen LogP contribution in [0.1, 0.15) is 25.8 Å². The van der Waals surface area contributed by atoms with Gasteiger partial charge in [0.05, 0.1) is 19.9 Å². The van der Waals surface area contributed by atoms with Gasteiger partial charge in [-0.15, -0.1) is 0 Å². The number of rotatable bonds is 10. The van der Waals surface area contributed by atoms with E-state index in [0.717, 1.165) is 12.0 Å². The van der Waals surface area contributed by atoms with E-state index >= 15 is 0 Å². The van der Waals surface area contributed by atoms with Gasteiger partial charge < -0.3 is 14.2 Å². The Balaban J connectivity index is 1.85.